The Morgan fingerprint density at radius 1 is 1.04 bits per heavy atom. The standard InChI is InChI=1S/C23H24FN3O/c1-16-7-13-20(14-8-16)27-22(23(28)25-19-5-3-2-4-6-19)15-21(26-27)17-9-11-18(24)12-10-17/h7-15,19H,2-6H2,1H3,(H,25,28). The number of amides is 1. The van der Waals surface area contributed by atoms with Crippen molar-refractivity contribution in [3.63, 3.8) is 0 Å². The minimum absolute atomic E-state index is 0.117. The molecule has 144 valence electrons. The molecule has 1 heterocycles. The number of nitrogens with zero attached hydrogens (tertiary/aromatic N) is 2. The van der Waals surface area contributed by atoms with E-state index < -0.39 is 0 Å². The highest BCUT2D eigenvalue weighted by Crippen LogP contribution is 2.23. The van der Waals surface area contributed by atoms with Gasteiger partial charge in [-0.25, -0.2) is 9.07 Å². The van der Waals surface area contributed by atoms with Crippen LogP contribution in [-0.4, -0.2) is 21.7 Å². The van der Waals surface area contributed by atoms with Crippen molar-refractivity contribution in [1.29, 1.82) is 0 Å². The van der Waals surface area contributed by atoms with Gasteiger partial charge in [-0.15, -0.1) is 0 Å². The van der Waals surface area contributed by atoms with Crippen molar-refractivity contribution in [1.82, 2.24) is 15.1 Å². The maximum Gasteiger partial charge on any atom is 0.270 e. The first-order valence-corrected chi connectivity index (χ1v) is 9.84. The molecular weight excluding hydrogens is 353 g/mol. The summed E-state index contributed by atoms with van der Waals surface area (Å²) >= 11 is 0. The zero-order chi connectivity index (χ0) is 19.5. The fourth-order valence-electron chi connectivity index (χ4n) is 3.69. The third-order valence-electron chi connectivity index (χ3n) is 5.30. The number of carbonyl (C=O) groups excluding carboxylic acids is 1. The molecule has 2 aromatic carbocycles. The van der Waals surface area contributed by atoms with Crippen molar-refractivity contribution in [2.45, 2.75) is 45.1 Å². The number of carbonyl (C=O) groups is 1. The quantitative estimate of drug-likeness (QED) is 0.692. The van der Waals surface area contributed by atoms with E-state index in [1.165, 1.54) is 18.6 Å². The van der Waals surface area contributed by atoms with Crippen LogP contribution in [0.3, 0.4) is 0 Å². The fraction of sp³-hybridized carbons (Fsp3) is 0.304. The van der Waals surface area contributed by atoms with Crippen LogP contribution in [0, 0.1) is 12.7 Å². The first kappa shape index (κ1) is 18.4. The molecule has 4 nitrogen and oxygen atoms in total. The first-order valence-electron chi connectivity index (χ1n) is 9.84. The molecule has 0 radical (unpaired) electrons. The number of aromatic nitrogens is 2. The Labute approximate surface area is 164 Å². The van der Waals surface area contributed by atoms with Gasteiger partial charge in [0.15, 0.2) is 0 Å². The molecule has 0 unspecified atom stereocenters. The molecular formula is C23H24FN3O. The van der Waals surface area contributed by atoms with E-state index in [1.807, 2.05) is 31.2 Å². The van der Waals surface area contributed by atoms with Crippen LogP contribution >= 0.6 is 0 Å². The van der Waals surface area contributed by atoms with E-state index in [1.54, 1.807) is 22.9 Å². The highest BCUT2D eigenvalue weighted by atomic mass is 19.1. The van der Waals surface area contributed by atoms with Gasteiger partial charge in [-0.3, -0.25) is 4.79 Å². The summed E-state index contributed by atoms with van der Waals surface area (Å²) in [6.45, 7) is 2.02. The van der Waals surface area contributed by atoms with Crippen molar-refractivity contribution in [3.8, 4) is 16.9 Å². The third kappa shape index (κ3) is 3.98. The maximum absolute atomic E-state index is 13.3. The second-order valence-electron chi connectivity index (χ2n) is 7.48. The Balaban J connectivity index is 1.70. The SMILES string of the molecule is Cc1ccc(-n2nc(-c3ccc(F)cc3)cc2C(=O)NC2CCCCC2)cc1. The Morgan fingerprint density at radius 2 is 1.71 bits per heavy atom. The molecule has 28 heavy (non-hydrogen) atoms. The molecule has 1 amide bonds. The van der Waals surface area contributed by atoms with Crippen molar-refractivity contribution >= 4 is 5.91 Å². The van der Waals surface area contributed by atoms with Crippen molar-refractivity contribution in [3.05, 3.63) is 71.7 Å². The lowest BCUT2D eigenvalue weighted by molar-refractivity contribution is 0.0920. The molecule has 0 atom stereocenters. The lowest BCUT2D eigenvalue weighted by atomic mass is 9.95. The van der Waals surface area contributed by atoms with Crippen LogP contribution in [0.2, 0.25) is 0 Å². The Bertz CT molecular complexity index is 955. The molecule has 1 N–H and O–H groups in total. The number of hydrogen-bond donors (Lipinski definition) is 1. The molecule has 4 rings (SSSR count). The highest BCUT2D eigenvalue weighted by Gasteiger charge is 2.21. The van der Waals surface area contributed by atoms with E-state index in [9.17, 15) is 9.18 Å². The molecule has 1 aliphatic carbocycles. The van der Waals surface area contributed by atoms with Crippen molar-refractivity contribution in [2.24, 2.45) is 0 Å². The summed E-state index contributed by atoms with van der Waals surface area (Å²) < 4.78 is 15.0. The van der Waals surface area contributed by atoms with E-state index in [2.05, 4.69) is 10.4 Å². The number of aryl methyl sites for hydroxylation is 1. The third-order valence-corrected chi connectivity index (χ3v) is 5.30. The van der Waals surface area contributed by atoms with Crippen LogP contribution in [0.25, 0.3) is 16.9 Å². The van der Waals surface area contributed by atoms with E-state index in [4.69, 9.17) is 0 Å². The van der Waals surface area contributed by atoms with Gasteiger partial charge in [0.25, 0.3) is 5.91 Å². The van der Waals surface area contributed by atoms with Gasteiger partial charge in [0, 0.05) is 11.6 Å². The normalized spacial score (nSPS) is 14.8. The second kappa shape index (κ2) is 7.97. The molecule has 0 aliphatic heterocycles. The zero-order valence-electron chi connectivity index (χ0n) is 16.0. The van der Waals surface area contributed by atoms with Gasteiger partial charge < -0.3 is 5.32 Å². The summed E-state index contributed by atoms with van der Waals surface area (Å²) in [6.07, 6.45) is 5.60. The van der Waals surface area contributed by atoms with Crippen molar-refractivity contribution < 1.29 is 9.18 Å². The molecule has 5 heteroatoms. The molecule has 1 aliphatic rings. The lowest BCUT2D eigenvalue weighted by Gasteiger charge is -2.22. The van der Waals surface area contributed by atoms with Crippen LogP contribution < -0.4 is 5.32 Å². The van der Waals surface area contributed by atoms with Gasteiger partial charge in [-0.05, 0) is 62.2 Å². The topological polar surface area (TPSA) is 46.9 Å². The summed E-state index contributed by atoms with van der Waals surface area (Å²) in [5, 5.41) is 7.83. The van der Waals surface area contributed by atoms with Crippen LogP contribution in [0.15, 0.2) is 54.6 Å². The molecule has 0 bridgehead atoms. The fourth-order valence-corrected chi connectivity index (χ4v) is 3.69. The molecule has 1 fully saturated rings. The first-order chi connectivity index (χ1) is 13.6. The highest BCUT2D eigenvalue weighted by molar-refractivity contribution is 5.94. The monoisotopic (exact) mass is 377 g/mol. The van der Waals surface area contributed by atoms with Crippen molar-refractivity contribution in [2.75, 3.05) is 0 Å². The van der Waals surface area contributed by atoms with Gasteiger partial charge in [-0.1, -0.05) is 37.0 Å². The van der Waals surface area contributed by atoms with Gasteiger partial charge in [0.1, 0.15) is 11.5 Å². The van der Waals surface area contributed by atoms with E-state index in [0.29, 0.717) is 11.4 Å². The molecule has 0 saturated heterocycles. The van der Waals surface area contributed by atoms with E-state index >= 15 is 0 Å². The smallest absolute Gasteiger partial charge is 0.270 e. The van der Waals surface area contributed by atoms with Gasteiger partial charge in [-0.2, -0.15) is 5.10 Å². The van der Waals surface area contributed by atoms with Gasteiger partial charge in [0.05, 0.1) is 11.4 Å². The van der Waals surface area contributed by atoms with Crippen LogP contribution in [0.1, 0.15) is 48.2 Å². The Kier molecular flexibility index (Phi) is 5.24. The molecule has 1 saturated carbocycles. The molecule has 3 aromatic rings. The largest absolute Gasteiger partial charge is 0.348 e. The second-order valence-corrected chi connectivity index (χ2v) is 7.48. The summed E-state index contributed by atoms with van der Waals surface area (Å²) in [5.41, 5.74) is 3.89. The Hall–Kier alpha value is -2.95. The minimum Gasteiger partial charge on any atom is -0.348 e. The average molecular weight is 377 g/mol. The molecule has 0 spiro atoms. The number of rotatable bonds is 4. The van der Waals surface area contributed by atoms with Gasteiger partial charge in [0.2, 0.25) is 0 Å². The van der Waals surface area contributed by atoms with E-state index in [0.717, 1.165) is 42.5 Å². The van der Waals surface area contributed by atoms with Crippen LogP contribution in [0.4, 0.5) is 4.39 Å². The number of benzene rings is 2. The predicted octanol–water partition coefficient (Wildman–Crippen LogP) is 5.05. The Morgan fingerprint density at radius 3 is 2.39 bits per heavy atom. The lowest BCUT2D eigenvalue weighted by Crippen LogP contribution is -2.37. The summed E-state index contributed by atoms with van der Waals surface area (Å²) in [7, 11) is 0. The van der Waals surface area contributed by atoms with Crippen LogP contribution in [-0.2, 0) is 0 Å². The maximum atomic E-state index is 13.3. The minimum atomic E-state index is -0.294. The summed E-state index contributed by atoms with van der Waals surface area (Å²) in [5.74, 6) is -0.412. The zero-order valence-corrected chi connectivity index (χ0v) is 16.0. The predicted molar refractivity (Wildman–Crippen MR) is 108 cm³/mol. The summed E-state index contributed by atoms with van der Waals surface area (Å²) in [4.78, 5) is 13.0. The number of nitrogens with one attached hydrogen (secondary N) is 1. The van der Waals surface area contributed by atoms with E-state index in [-0.39, 0.29) is 17.8 Å². The number of hydrogen-bond acceptors (Lipinski definition) is 2. The van der Waals surface area contributed by atoms with Gasteiger partial charge >= 0.3 is 0 Å². The summed E-state index contributed by atoms with van der Waals surface area (Å²) in [6, 6.07) is 16.1. The number of halogens is 1. The molecule has 1 aromatic heterocycles. The average Bonchev–Trinajstić information content (AvgIpc) is 3.15. The van der Waals surface area contributed by atoms with Crippen LogP contribution in [0.5, 0.6) is 0 Å².